The summed E-state index contributed by atoms with van der Waals surface area (Å²) in [6, 6.07) is 12.1. The zero-order valence-corrected chi connectivity index (χ0v) is 14.1. The van der Waals surface area contributed by atoms with Crippen LogP contribution < -0.4 is 10.2 Å². The molecule has 1 fully saturated rings. The Kier molecular flexibility index (Phi) is 4.69. The summed E-state index contributed by atoms with van der Waals surface area (Å²) in [6.45, 7) is 7.16. The third-order valence-electron chi connectivity index (χ3n) is 4.36. The van der Waals surface area contributed by atoms with Crippen molar-refractivity contribution < 1.29 is 9.18 Å². The van der Waals surface area contributed by atoms with Gasteiger partial charge in [0.2, 0.25) is 0 Å². The fraction of sp³-hybridized carbons (Fsp3) is 0.316. The number of carbonyl (C=O) groups excluding carboxylic acids is 1. The average molecular weight is 327 g/mol. The van der Waals surface area contributed by atoms with E-state index in [0.717, 1.165) is 13.1 Å². The number of urea groups is 1. The number of rotatable bonds is 2. The number of amides is 2. The Morgan fingerprint density at radius 1 is 1.00 bits per heavy atom. The summed E-state index contributed by atoms with van der Waals surface area (Å²) in [5.74, 6) is -0.310. The van der Waals surface area contributed by atoms with Crippen molar-refractivity contribution in [2.75, 3.05) is 36.4 Å². The molecule has 1 saturated heterocycles. The van der Waals surface area contributed by atoms with Gasteiger partial charge in [0.15, 0.2) is 0 Å². The zero-order chi connectivity index (χ0) is 17.1. The van der Waals surface area contributed by atoms with Gasteiger partial charge in [-0.2, -0.15) is 0 Å². The summed E-state index contributed by atoms with van der Waals surface area (Å²) >= 11 is 0. The van der Waals surface area contributed by atoms with Gasteiger partial charge in [-0.25, -0.2) is 9.18 Å². The summed E-state index contributed by atoms with van der Waals surface area (Å²) in [7, 11) is 0. The first-order chi connectivity index (χ1) is 11.5. The number of nitrogens with one attached hydrogen (secondary N) is 1. The van der Waals surface area contributed by atoms with Gasteiger partial charge in [-0.3, -0.25) is 0 Å². The second-order valence-corrected chi connectivity index (χ2v) is 6.20. The van der Waals surface area contributed by atoms with Crippen LogP contribution in [0, 0.1) is 19.7 Å². The van der Waals surface area contributed by atoms with Crippen molar-refractivity contribution in [2.24, 2.45) is 0 Å². The molecule has 0 aromatic heterocycles. The molecule has 2 aromatic carbocycles. The summed E-state index contributed by atoms with van der Waals surface area (Å²) in [6.07, 6.45) is 0. The van der Waals surface area contributed by atoms with Crippen LogP contribution in [0.5, 0.6) is 0 Å². The van der Waals surface area contributed by atoms with Gasteiger partial charge in [0.05, 0.1) is 0 Å². The molecule has 24 heavy (non-hydrogen) atoms. The van der Waals surface area contributed by atoms with Crippen molar-refractivity contribution in [3.8, 4) is 0 Å². The van der Waals surface area contributed by atoms with E-state index < -0.39 is 0 Å². The molecular weight excluding hydrogens is 305 g/mol. The van der Waals surface area contributed by atoms with E-state index in [0.29, 0.717) is 18.8 Å². The van der Waals surface area contributed by atoms with E-state index in [1.54, 1.807) is 17.0 Å². The minimum Gasteiger partial charge on any atom is -0.368 e. The van der Waals surface area contributed by atoms with Crippen LogP contribution in [0.25, 0.3) is 0 Å². The van der Waals surface area contributed by atoms with Crippen LogP contribution in [0.2, 0.25) is 0 Å². The Bertz CT molecular complexity index is 722. The number of piperazine rings is 1. The van der Waals surface area contributed by atoms with Crippen molar-refractivity contribution >= 4 is 17.4 Å². The standard InChI is InChI=1S/C19H22FN3O/c1-14-3-8-18(15(2)13-14)22-9-11-23(12-10-22)19(24)21-17-6-4-16(20)5-7-17/h3-8,13H,9-12H2,1-2H3,(H,21,24). The Balaban J connectivity index is 1.58. The van der Waals surface area contributed by atoms with Crippen molar-refractivity contribution in [3.05, 3.63) is 59.4 Å². The van der Waals surface area contributed by atoms with Crippen molar-refractivity contribution in [2.45, 2.75) is 13.8 Å². The number of nitrogens with zero attached hydrogens (tertiary/aromatic N) is 2. The second-order valence-electron chi connectivity index (χ2n) is 6.20. The molecule has 1 N–H and O–H groups in total. The first-order valence-electron chi connectivity index (χ1n) is 8.16. The highest BCUT2D eigenvalue weighted by Gasteiger charge is 2.22. The average Bonchev–Trinajstić information content (AvgIpc) is 2.57. The molecule has 1 heterocycles. The van der Waals surface area contributed by atoms with Crippen LogP contribution in [-0.2, 0) is 0 Å². The molecule has 0 unspecified atom stereocenters. The van der Waals surface area contributed by atoms with Gasteiger partial charge < -0.3 is 15.1 Å². The van der Waals surface area contributed by atoms with Crippen LogP contribution in [0.4, 0.5) is 20.6 Å². The van der Waals surface area contributed by atoms with E-state index in [9.17, 15) is 9.18 Å². The molecule has 0 atom stereocenters. The van der Waals surface area contributed by atoms with E-state index in [2.05, 4.69) is 42.3 Å². The predicted octanol–water partition coefficient (Wildman–Crippen LogP) is 3.80. The minimum atomic E-state index is -0.310. The maximum atomic E-state index is 12.9. The first-order valence-corrected chi connectivity index (χ1v) is 8.16. The van der Waals surface area contributed by atoms with Crippen molar-refractivity contribution in [1.29, 1.82) is 0 Å². The Hall–Kier alpha value is -2.56. The van der Waals surface area contributed by atoms with Crippen molar-refractivity contribution in [3.63, 3.8) is 0 Å². The van der Waals surface area contributed by atoms with Gasteiger partial charge in [-0.05, 0) is 49.7 Å². The fourth-order valence-corrected chi connectivity index (χ4v) is 3.05. The van der Waals surface area contributed by atoms with Gasteiger partial charge in [0, 0.05) is 37.6 Å². The first kappa shape index (κ1) is 16.3. The molecule has 0 spiro atoms. The maximum Gasteiger partial charge on any atom is 0.321 e. The number of benzene rings is 2. The number of halogens is 1. The van der Waals surface area contributed by atoms with Gasteiger partial charge in [0.25, 0.3) is 0 Å². The molecule has 1 aliphatic rings. The van der Waals surface area contributed by atoms with E-state index in [1.807, 2.05) is 0 Å². The molecule has 2 amide bonds. The van der Waals surface area contributed by atoms with Gasteiger partial charge in [-0.1, -0.05) is 17.7 Å². The van der Waals surface area contributed by atoms with Crippen LogP contribution in [0.1, 0.15) is 11.1 Å². The molecule has 1 aliphatic heterocycles. The van der Waals surface area contributed by atoms with E-state index in [1.165, 1.54) is 28.9 Å². The highest BCUT2D eigenvalue weighted by molar-refractivity contribution is 5.89. The lowest BCUT2D eigenvalue weighted by atomic mass is 10.1. The predicted molar refractivity (Wildman–Crippen MR) is 95.1 cm³/mol. The summed E-state index contributed by atoms with van der Waals surface area (Å²) in [5, 5.41) is 2.81. The molecule has 2 aromatic rings. The third kappa shape index (κ3) is 3.67. The monoisotopic (exact) mass is 327 g/mol. The quantitative estimate of drug-likeness (QED) is 0.911. The summed E-state index contributed by atoms with van der Waals surface area (Å²) in [4.78, 5) is 16.4. The lowest BCUT2D eigenvalue weighted by Gasteiger charge is -2.36. The largest absolute Gasteiger partial charge is 0.368 e. The lowest BCUT2D eigenvalue weighted by molar-refractivity contribution is 0.208. The zero-order valence-electron chi connectivity index (χ0n) is 14.1. The highest BCUT2D eigenvalue weighted by Crippen LogP contribution is 2.22. The van der Waals surface area contributed by atoms with Crippen LogP contribution in [0.3, 0.4) is 0 Å². The van der Waals surface area contributed by atoms with Gasteiger partial charge in [-0.15, -0.1) is 0 Å². The molecule has 0 aliphatic carbocycles. The molecular formula is C19H22FN3O. The van der Waals surface area contributed by atoms with Gasteiger partial charge >= 0.3 is 6.03 Å². The maximum absolute atomic E-state index is 12.9. The third-order valence-corrected chi connectivity index (χ3v) is 4.36. The van der Waals surface area contributed by atoms with E-state index in [4.69, 9.17) is 0 Å². The van der Waals surface area contributed by atoms with Gasteiger partial charge in [0.1, 0.15) is 5.82 Å². The topological polar surface area (TPSA) is 35.6 Å². The highest BCUT2D eigenvalue weighted by atomic mass is 19.1. The van der Waals surface area contributed by atoms with Crippen LogP contribution in [-0.4, -0.2) is 37.1 Å². The molecule has 0 radical (unpaired) electrons. The normalized spacial score (nSPS) is 14.6. The molecule has 4 nitrogen and oxygen atoms in total. The van der Waals surface area contributed by atoms with Crippen LogP contribution in [0.15, 0.2) is 42.5 Å². The lowest BCUT2D eigenvalue weighted by Crippen LogP contribution is -2.50. The summed E-state index contributed by atoms with van der Waals surface area (Å²) in [5.41, 5.74) is 4.37. The number of hydrogen-bond donors (Lipinski definition) is 1. The van der Waals surface area contributed by atoms with E-state index >= 15 is 0 Å². The molecule has 3 rings (SSSR count). The number of anilines is 2. The fourth-order valence-electron chi connectivity index (χ4n) is 3.05. The number of carbonyl (C=O) groups is 1. The smallest absolute Gasteiger partial charge is 0.321 e. The summed E-state index contributed by atoms with van der Waals surface area (Å²) < 4.78 is 12.9. The van der Waals surface area contributed by atoms with Crippen molar-refractivity contribution in [1.82, 2.24) is 4.90 Å². The van der Waals surface area contributed by atoms with E-state index in [-0.39, 0.29) is 11.8 Å². The molecule has 0 saturated carbocycles. The Morgan fingerprint density at radius 3 is 2.29 bits per heavy atom. The number of hydrogen-bond acceptors (Lipinski definition) is 2. The molecule has 126 valence electrons. The molecule has 0 bridgehead atoms. The number of aryl methyl sites for hydroxylation is 2. The van der Waals surface area contributed by atoms with Crippen LogP contribution >= 0.6 is 0 Å². The Labute approximate surface area is 141 Å². The SMILES string of the molecule is Cc1ccc(N2CCN(C(=O)Nc3ccc(F)cc3)CC2)c(C)c1. The minimum absolute atomic E-state index is 0.137. The second kappa shape index (κ2) is 6.91. The molecule has 5 heteroatoms. The Morgan fingerprint density at radius 2 is 1.67 bits per heavy atom.